The van der Waals surface area contributed by atoms with Crippen LogP contribution in [0.25, 0.3) is 0 Å². The first-order chi connectivity index (χ1) is 17.0. The third kappa shape index (κ3) is 3.53. The van der Waals surface area contributed by atoms with E-state index in [4.69, 9.17) is 16.3 Å². The smallest absolute Gasteiger partial charge is 0.118 e. The number of rotatable bonds is 6. The standard InChI is InChI=1S/C31H37ClN2O/c1-20(21-3-7-25(35-2)8-4-21)33-29-18-30(28-15-24(32)6-9-26(28)29)11-13-34(14-12-30)19-22-16-31-17-23(31)5-10-27(22)31/h3-10,15,20,22-23,27,29,33H,11-14,16-19H2,1-2H3/t20-,22?,23?,27?,29-,31?/m0/s1. The second-order valence-corrected chi connectivity index (χ2v) is 12.6. The predicted octanol–water partition coefficient (Wildman–Crippen LogP) is 6.69. The number of benzene rings is 2. The van der Waals surface area contributed by atoms with E-state index in [1.165, 1.54) is 68.4 Å². The van der Waals surface area contributed by atoms with Crippen LogP contribution in [0.2, 0.25) is 5.02 Å². The molecule has 0 aromatic heterocycles. The third-order valence-electron chi connectivity index (χ3n) is 10.5. The second kappa shape index (κ2) is 8.10. The lowest BCUT2D eigenvalue weighted by Gasteiger charge is -2.48. The Morgan fingerprint density at radius 1 is 1.06 bits per heavy atom. The summed E-state index contributed by atoms with van der Waals surface area (Å²) in [6, 6.07) is 15.8. The molecule has 184 valence electrons. The number of hydrogen-bond donors (Lipinski definition) is 1. The number of hydrogen-bond acceptors (Lipinski definition) is 3. The fourth-order valence-corrected chi connectivity index (χ4v) is 8.55. The van der Waals surface area contributed by atoms with Gasteiger partial charge in [0, 0.05) is 23.7 Å². The van der Waals surface area contributed by atoms with Crippen LogP contribution < -0.4 is 10.1 Å². The molecule has 2 aromatic carbocycles. The van der Waals surface area contributed by atoms with Crippen LogP contribution >= 0.6 is 11.6 Å². The number of nitrogens with zero attached hydrogens (tertiary/aromatic N) is 1. The summed E-state index contributed by atoms with van der Waals surface area (Å²) in [6.07, 6.45) is 11.7. The van der Waals surface area contributed by atoms with Crippen molar-refractivity contribution in [3.05, 3.63) is 76.3 Å². The van der Waals surface area contributed by atoms with E-state index in [1.807, 2.05) is 0 Å². The molecule has 35 heavy (non-hydrogen) atoms. The van der Waals surface area contributed by atoms with Crippen LogP contribution in [0.4, 0.5) is 0 Å². The van der Waals surface area contributed by atoms with Crippen molar-refractivity contribution in [2.45, 2.75) is 56.5 Å². The Balaban J connectivity index is 1.04. The summed E-state index contributed by atoms with van der Waals surface area (Å²) in [5.74, 6) is 3.64. The van der Waals surface area contributed by atoms with Crippen molar-refractivity contribution in [1.29, 1.82) is 0 Å². The monoisotopic (exact) mass is 488 g/mol. The molecule has 1 heterocycles. The van der Waals surface area contributed by atoms with E-state index in [0.717, 1.165) is 33.9 Å². The highest BCUT2D eigenvalue weighted by Crippen LogP contribution is 2.75. The van der Waals surface area contributed by atoms with Crippen molar-refractivity contribution in [3.8, 4) is 5.75 Å². The first-order valence-electron chi connectivity index (χ1n) is 13.6. The Hall–Kier alpha value is -1.81. The molecule has 0 amide bonds. The number of ether oxygens (including phenoxy) is 1. The largest absolute Gasteiger partial charge is 0.497 e. The first kappa shape index (κ1) is 22.4. The van der Waals surface area contributed by atoms with Gasteiger partial charge in [0.15, 0.2) is 0 Å². The number of fused-ring (bicyclic) bond motifs is 2. The molecule has 3 fully saturated rings. The van der Waals surface area contributed by atoms with Crippen LogP contribution in [0.5, 0.6) is 5.75 Å². The topological polar surface area (TPSA) is 24.5 Å². The molecule has 4 aliphatic carbocycles. The van der Waals surface area contributed by atoms with Gasteiger partial charge < -0.3 is 15.0 Å². The minimum absolute atomic E-state index is 0.254. The molecule has 2 saturated carbocycles. The molecule has 7 rings (SSSR count). The SMILES string of the molecule is COc1ccc([C@H](C)N[C@H]2CC3(CCN(CC4CC56CC5C=CC46)CC3)c3cc(Cl)ccc32)cc1. The average molecular weight is 489 g/mol. The van der Waals surface area contributed by atoms with Gasteiger partial charge in [-0.25, -0.2) is 0 Å². The molecule has 6 atom stereocenters. The Morgan fingerprint density at radius 2 is 1.86 bits per heavy atom. The Kier molecular flexibility index (Phi) is 5.18. The van der Waals surface area contributed by atoms with Crippen molar-refractivity contribution >= 4 is 11.6 Å². The molecule has 4 unspecified atom stereocenters. The third-order valence-corrected chi connectivity index (χ3v) is 10.7. The molecule has 1 saturated heterocycles. The van der Waals surface area contributed by atoms with Gasteiger partial charge in [-0.1, -0.05) is 42.0 Å². The fraction of sp³-hybridized carbons (Fsp3) is 0.548. The van der Waals surface area contributed by atoms with E-state index in [0.29, 0.717) is 6.04 Å². The van der Waals surface area contributed by atoms with Gasteiger partial charge in [0.1, 0.15) is 5.75 Å². The second-order valence-electron chi connectivity index (χ2n) is 12.1. The van der Waals surface area contributed by atoms with Gasteiger partial charge in [-0.2, -0.15) is 0 Å². The molecule has 0 radical (unpaired) electrons. The zero-order valence-corrected chi connectivity index (χ0v) is 21.7. The van der Waals surface area contributed by atoms with E-state index in [2.05, 4.69) is 71.8 Å². The summed E-state index contributed by atoms with van der Waals surface area (Å²) in [5, 5.41) is 4.85. The first-order valence-corrected chi connectivity index (χ1v) is 14.0. The summed E-state index contributed by atoms with van der Waals surface area (Å²) in [7, 11) is 1.72. The molecule has 5 aliphatic rings. The van der Waals surface area contributed by atoms with Gasteiger partial charge in [-0.3, -0.25) is 0 Å². The number of halogens is 1. The zero-order valence-electron chi connectivity index (χ0n) is 21.0. The molecule has 2 spiro atoms. The molecular formula is C31H37ClN2O. The highest BCUT2D eigenvalue weighted by atomic mass is 35.5. The maximum absolute atomic E-state index is 6.55. The Bertz CT molecular complexity index is 1150. The molecule has 3 nitrogen and oxygen atoms in total. The van der Waals surface area contributed by atoms with E-state index < -0.39 is 0 Å². The Labute approximate surface area is 214 Å². The van der Waals surface area contributed by atoms with Gasteiger partial charge in [-0.15, -0.1) is 0 Å². The molecule has 4 heteroatoms. The summed E-state index contributed by atoms with van der Waals surface area (Å²) in [4.78, 5) is 2.78. The fourth-order valence-electron chi connectivity index (χ4n) is 8.38. The summed E-state index contributed by atoms with van der Waals surface area (Å²) < 4.78 is 5.35. The molecule has 0 bridgehead atoms. The van der Waals surface area contributed by atoms with Gasteiger partial charge in [-0.05, 0) is 122 Å². The van der Waals surface area contributed by atoms with E-state index in [1.54, 1.807) is 7.11 Å². The van der Waals surface area contributed by atoms with Crippen LogP contribution in [0.3, 0.4) is 0 Å². The van der Waals surface area contributed by atoms with Crippen LogP contribution in [0.15, 0.2) is 54.6 Å². The molecule has 1 aliphatic heterocycles. The highest BCUT2D eigenvalue weighted by Gasteiger charge is 2.68. The van der Waals surface area contributed by atoms with Crippen molar-refractivity contribution < 1.29 is 4.74 Å². The molecule has 2 aromatic rings. The lowest BCUT2D eigenvalue weighted by Crippen LogP contribution is -2.48. The number of allylic oxidation sites excluding steroid dienone is 2. The quantitative estimate of drug-likeness (QED) is 0.458. The summed E-state index contributed by atoms with van der Waals surface area (Å²) in [5.41, 5.74) is 5.26. The number of piperidine rings is 1. The van der Waals surface area contributed by atoms with Gasteiger partial charge in [0.25, 0.3) is 0 Å². The van der Waals surface area contributed by atoms with Gasteiger partial charge in [0.2, 0.25) is 0 Å². The molecular weight excluding hydrogens is 452 g/mol. The minimum atomic E-state index is 0.254. The van der Waals surface area contributed by atoms with Crippen molar-refractivity contribution in [1.82, 2.24) is 10.2 Å². The lowest BCUT2D eigenvalue weighted by atomic mass is 9.62. The van der Waals surface area contributed by atoms with Crippen LogP contribution in [-0.2, 0) is 5.41 Å². The predicted molar refractivity (Wildman–Crippen MR) is 142 cm³/mol. The number of nitrogens with one attached hydrogen (secondary N) is 1. The van der Waals surface area contributed by atoms with E-state index in [9.17, 15) is 0 Å². The zero-order chi connectivity index (χ0) is 23.8. The van der Waals surface area contributed by atoms with E-state index >= 15 is 0 Å². The minimum Gasteiger partial charge on any atom is -0.497 e. The van der Waals surface area contributed by atoms with Crippen LogP contribution in [0.1, 0.15) is 67.8 Å². The van der Waals surface area contributed by atoms with Crippen molar-refractivity contribution in [2.75, 3.05) is 26.7 Å². The van der Waals surface area contributed by atoms with Crippen molar-refractivity contribution in [2.24, 2.45) is 23.2 Å². The van der Waals surface area contributed by atoms with E-state index in [-0.39, 0.29) is 11.5 Å². The van der Waals surface area contributed by atoms with Crippen LogP contribution in [0, 0.1) is 23.2 Å². The Morgan fingerprint density at radius 3 is 2.57 bits per heavy atom. The average Bonchev–Trinajstić information content (AvgIpc) is 3.44. The summed E-state index contributed by atoms with van der Waals surface area (Å²) >= 11 is 6.55. The van der Waals surface area contributed by atoms with Gasteiger partial charge >= 0.3 is 0 Å². The van der Waals surface area contributed by atoms with Gasteiger partial charge in [0.05, 0.1) is 7.11 Å². The van der Waals surface area contributed by atoms with Crippen LogP contribution in [-0.4, -0.2) is 31.6 Å². The normalized spacial score (nSPS) is 34.7. The number of likely N-dealkylation sites (tertiary alicyclic amines) is 1. The molecule has 1 N–H and O–H groups in total. The highest BCUT2D eigenvalue weighted by molar-refractivity contribution is 6.30. The lowest BCUT2D eigenvalue weighted by molar-refractivity contribution is 0.0353. The summed E-state index contributed by atoms with van der Waals surface area (Å²) in [6.45, 7) is 6.02. The number of methoxy groups -OCH3 is 1. The van der Waals surface area contributed by atoms with Crippen molar-refractivity contribution in [3.63, 3.8) is 0 Å². The maximum atomic E-state index is 6.55. The maximum Gasteiger partial charge on any atom is 0.118 e.